The van der Waals surface area contributed by atoms with Crippen LogP contribution in [0.1, 0.15) is 27.2 Å². The zero-order chi connectivity index (χ0) is 14.9. The lowest BCUT2D eigenvalue weighted by atomic mass is 10.3. The number of carbonyl (C=O) groups is 2. The highest BCUT2D eigenvalue weighted by Gasteiger charge is 2.40. The van der Waals surface area contributed by atoms with Crippen LogP contribution in [-0.4, -0.2) is 37.4 Å². The van der Waals surface area contributed by atoms with Gasteiger partial charge in [0.2, 0.25) is 7.37 Å². The molecule has 0 amide bonds. The molecule has 0 heterocycles. The molecule has 0 N–H and O–H groups in total. The van der Waals surface area contributed by atoms with Gasteiger partial charge in [0, 0.05) is 0 Å². The Hall–Kier alpha value is -1.13. The van der Waals surface area contributed by atoms with Crippen LogP contribution in [0.25, 0.3) is 0 Å². The Morgan fingerprint density at radius 2 is 1.74 bits per heavy atom. The largest absolute Gasteiger partial charge is 0.466 e. The molecule has 0 fully saturated rings. The van der Waals surface area contributed by atoms with Gasteiger partial charge in [-0.25, -0.2) is 0 Å². The SMILES string of the molecule is C=CP(=O)(OCC)C(CC(=O)OCC)C(=O)OCC. The maximum Gasteiger partial charge on any atom is 0.319 e. The van der Waals surface area contributed by atoms with Crippen molar-refractivity contribution in [2.45, 2.75) is 32.9 Å². The van der Waals surface area contributed by atoms with Gasteiger partial charge in [0.15, 0.2) is 0 Å². The topological polar surface area (TPSA) is 78.9 Å². The lowest BCUT2D eigenvalue weighted by Crippen LogP contribution is -2.27. The molecule has 0 spiro atoms. The molecular weight excluding hydrogens is 271 g/mol. The molecule has 0 aliphatic rings. The van der Waals surface area contributed by atoms with E-state index in [0.29, 0.717) is 0 Å². The predicted octanol–water partition coefficient (Wildman–Crippen LogP) is 2.33. The molecule has 0 aromatic rings. The normalized spacial score (nSPS) is 15.1. The predicted molar refractivity (Wildman–Crippen MR) is 71.1 cm³/mol. The van der Waals surface area contributed by atoms with Crippen molar-refractivity contribution in [3.8, 4) is 0 Å². The van der Waals surface area contributed by atoms with E-state index in [-0.39, 0.29) is 26.2 Å². The number of hydrogen-bond acceptors (Lipinski definition) is 6. The van der Waals surface area contributed by atoms with Gasteiger partial charge >= 0.3 is 11.9 Å². The van der Waals surface area contributed by atoms with E-state index in [0.717, 1.165) is 5.82 Å². The fourth-order valence-electron chi connectivity index (χ4n) is 1.45. The van der Waals surface area contributed by atoms with Gasteiger partial charge in [0.1, 0.15) is 5.66 Å². The summed E-state index contributed by atoms with van der Waals surface area (Å²) in [6.07, 6.45) is -0.351. The van der Waals surface area contributed by atoms with E-state index < -0.39 is 25.0 Å². The minimum atomic E-state index is -3.49. The van der Waals surface area contributed by atoms with Crippen molar-refractivity contribution in [2.75, 3.05) is 19.8 Å². The van der Waals surface area contributed by atoms with E-state index in [4.69, 9.17) is 14.0 Å². The maximum atomic E-state index is 12.5. The van der Waals surface area contributed by atoms with Crippen molar-refractivity contribution in [3.05, 3.63) is 12.4 Å². The number of esters is 2. The average Bonchev–Trinajstić information content (AvgIpc) is 2.36. The third-order valence-electron chi connectivity index (χ3n) is 2.24. The summed E-state index contributed by atoms with van der Waals surface area (Å²) in [6, 6.07) is 0. The standard InChI is InChI=1S/C12H21O6P/c1-5-16-11(13)9-10(12(14)17-6-2)19(15,8-4)18-7-3/h8,10H,4-7,9H2,1-3H3. The van der Waals surface area contributed by atoms with E-state index in [9.17, 15) is 14.2 Å². The van der Waals surface area contributed by atoms with E-state index in [2.05, 4.69) is 6.58 Å². The van der Waals surface area contributed by atoms with Crippen LogP contribution in [0.2, 0.25) is 0 Å². The molecule has 0 aliphatic heterocycles. The summed E-state index contributed by atoms with van der Waals surface area (Å²) in [4.78, 5) is 23.3. The molecule has 2 atom stereocenters. The van der Waals surface area contributed by atoms with Crippen LogP contribution in [-0.2, 0) is 28.2 Å². The highest BCUT2D eigenvalue weighted by Crippen LogP contribution is 2.54. The molecule has 0 aromatic heterocycles. The molecule has 0 rings (SSSR count). The molecule has 0 radical (unpaired) electrons. The molecule has 7 heteroatoms. The summed E-state index contributed by atoms with van der Waals surface area (Å²) in [5, 5.41) is 0. The third kappa shape index (κ3) is 5.57. The molecule has 19 heavy (non-hydrogen) atoms. The molecule has 0 bridgehead atoms. The Bertz CT molecular complexity index is 365. The van der Waals surface area contributed by atoms with E-state index in [1.165, 1.54) is 0 Å². The van der Waals surface area contributed by atoms with Gasteiger partial charge in [0.25, 0.3) is 0 Å². The number of rotatable bonds is 9. The first kappa shape index (κ1) is 17.9. The zero-order valence-corrected chi connectivity index (χ0v) is 12.5. The van der Waals surface area contributed by atoms with Gasteiger partial charge in [0.05, 0.1) is 26.2 Å². The van der Waals surface area contributed by atoms with E-state index >= 15 is 0 Å². The van der Waals surface area contributed by atoms with E-state index in [1.807, 2.05) is 0 Å². The minimum absolute atomic E-state index is 0.126. The summed E-state index contributed by atoms with van der Waals surface area (Å²) in [5.41, 5.74) is -1.20. The number of ether oxygens (including phenoxy) is 2. The third-order valence-corrected chi connectivity index (χ3v) is 4.68. The average molecular weight is 292 g/mol. The fraction of sp³-hybridized carbons (Fsp3) is 0.667. The van der Waals surface area contributed by atoms with Gasteiger partial charge in [-0.1, -0.05) is 6.58 Å². The Kier molecular flexibility index (Phi) is 8.35. The zero-order valence-electron chi connectivity index (χ0n) is 11.6. The molecule has 0 aliphatic carbocycles. The van der Waals surface area contributed by atoms with Gasteiger partial charge in [-0.3, -0.25) is 14.2 Å². The highest BCUT2D eigenvalue weighted by atomic mass is 31.2. The molecule has 0 saturated carbocycles. The smallest absolute Gasteiger partial charge is 0.319 e. The minimum Gasteiger partial charge on any atom is -0.466 e. The molecule has 6 nitrogen and oxygen atoms in total. The van der Waals surface area contributed by atoms with Crippen molar-refractivity contribution < 1.29 is 28.2 Å². The van der Waals surface area contributed by atoms with Crippen molar-refractivity contribution in [3.63, 3.8) is 0 Å². The fourth-order valence-corrected chi connectivity index (χ4v) is 3.16. The van der Waals surface area contributed by atoms with Gasteiger partial charge in [-0.2, -0.15) is 0 Å². The van der Waals surface area contributed by atoms with Crippen LogP contribution < -0.4 is 0 Å². The van der Waals surface area contributed by atoms with Crippen molar-refractivity contribution >= 4 is 19.3 Å². The molecule has 0 aromatic carbocycles. The second-order valence-electron chi connectivity index (χ2n) is 3.52. The Morgan fingerprint density at radius 3 is 2.16 bits per heavy atom. The van der Waals surface area contributed by atoms with Gasteiger partial charge < -0.3 is 14.0 Å². The Labute approximate surface area is 113 Å². The molecule has 2 unspecified atom stereocenters. The highest BCUT2D eigenvalue weighted by molar-refractivity contribution is 7.63. The summed E-state index contributed by atoms with van der Waals surface area (Å²) in [7, 11) is -3.49. The van der Waals surface area contributed by atoms with Crippen LogP contribution >= 0.6 is 7.37 Å². The Morgan fingerprint density at radius 1 is 1.16 bits per heavy atom. The number of hydrogen-bond donors (Lipinski definition) is 0. The first-order chi connectivity index (χ1) is 8.95. The first-order valence-electron chi connectivity index (χ1n) is 6.14. The van der Waals surface area contributed by atoms with Crippen LogP contribution in [0, 0.1) is 0 Å². The van der Waals surface area contributed by atoms with E-state index in [1.54, 1.807) is 20.8 Å². The second-order valence-corrected chi connectivity index (χ2v) is 6.06. The summed E-state index contributed by atoms with van der Waals surface area (Å²) in [6.45, 7) is 8.78. The molecule has 110 valence electrons. The van der Waals surface area contributed by atoms with Gasteiger partial charge in [-0.15, -0.1) is 0 Å². The van der Waals surface area contributed by atoms with Crippen molar-refractivity contribution in [1.82, 2.24) is 0 Å². The maximum absolute atomic E-state index is 12.5. The van der Waals surface area contributed by atoms with Crippen LogP contribution in [0.3, 0.4) is 0 Å². The van der Waals surface area contributed by atoms with Crippen LogP contribution in [0.4, 0.5) is 0 Å². The summed E-state index contributed by atoms with van der Waals surface area (Å²) < 4.78 is 27.2. The Balaban J connectivity index is 5.14. The summed E-state index contributed by atoms with van der Waals surface area (Å²) in [5.74, 6) is -0.285. The quantitative estimate of drug-likeness (QED) is 0.479. The second kappa shape index (κ2) is 8.88. The van der Waals surface area contributed by atoms with Crippen molar-refractivity contribution in [1.29, 1.82) is 0 Å². The van der Waals surface area contributed by atoms with Crippen LogP contribution in [0.15, 0.2) is 12.4 Å². The van der Waals surface area contributed by atoms with Crippen LogP contribution in [0.5, 0.6) is 0 Å². The van der Waals surface area contributed by atoms with Crippen molar-refractivity contribution in [2.24, 2.45) is 0 Å². The molecule has 0 saturated heterocycles. The number of carbonyl (C=O) groups excluding carboxylic acids is 2. The monoisotopic (exact) mass is 292 g/mol. The first-order valence-corrected chi connectivity index (χ1v) is 7.91. The summed E-state index contributed by atoms with van der Waals surface area (Å²) >= 11 is 0. The van der Waals surface area contributed by atoms with Gasteiger partial charge in [-0.05, 0) is 26.6 Å². The lowest BCUT2D eigenvalue weighted by molar-refractivity contribution is -0.149. The molecular formula is C12H21O6P. The lowest BCUT2D eigenvalue weighted by Gasteiger charge is -2.22.